The van der Waals surface area contributed by atoms with E-state index in [-0.39, 0.29) is 5.82 Å². The van der Waals surface area contributed by atoms with E-state index in [1.807, 2.05) is 109 Å². The highest BCUT2D eigenvalue weighted by Crippen LogP contribution is 2.72. The molecule has 12 rings (SSSR count). The van der Waals surface area contributed by atoms with Crippen molar-refractivity contribution in [2.45, 2.75) is 31.2 Å². The van der Waals surface area contributed by atoms with Crippen molar-refractivity contribution in [3.05, 3.63) is 288 Å². The summed E-state index contributed by atoms with van der Waals surface area (Å²) in [6, 6.07) is 60.5. The van der Waals surface area contributed by atoms with Crippen molar-refractivity contribution in [2.75, 3.05) is 11.4 Å². The van der Waals surface area contributed by atoms with Gasteiger partial charge in [-0.25, -0.2) is 4.39 Å². The number of hydrogen-bond acceptors (Lipinski definition) is 3. The second kappa shape index (κ2) is 18.3. The number of anilines is 1. The van der Waals surface area contributed by atoms with Crippen molar-refractivity contribution in [3.63, 3.8) is 0 Å². The minimum atomic E-state index is -0.940. The van der Waals surface area contributed by atoms with Gasteiger partial charge in [-0.15, -0.1) is 12.8 Å². The molecular formula is C70H42FN3. The monoisotopic (exact) mass is 943 g/mol. The summed E-state index contributed by atoms with van der Waals surface area (Å²) in [5, 5.41) is 9.74. The molecule has 2 aliphatic heterocycles. The predicted octanol–water partition coefficient (Wildman–Crippen LogP) is 12.4. The first kappa shape index (κ1) is 45.1. The summed E-state index contributed by atoms with van der Waals surface area (Å²) in [5.41, 5.74) is 18.3. The van der Waals surface area contributed by atoms with Crippen LogP contribution in [0.4, 0.5) is 10.1 Å². The van der Waals surface area contributed by atoms with E-state index in [1.54, 1.807) is 12.1 Å². The van der Waals surface area contributed by atoms with Crippen LogP contribution in [0.2, 0.25) is 0 Å². The van der Waals surface area contributed by atoms with Crippen LogP contribution in [0.25, 0.3) is 11.1 Å². The third-order valence-corrected chi connectivity index (χ3v) is 14.6. The highest BCUT2D eigenvalue weighted by molar-refractivity contribution is 5.93. The second-order valence-corrected chi connectivity index (χ2v) is 18.7. The lowest BCUT2D eigenvalue weighted by Gasteiger charge is -2.54. The number of rotatable bonds is 1. The molecule has 0 saturated heterocycles. The maximum Gasteiger partial charge on any atom is 0.123 e. The molecule has 1 spiro atoms. The third kappa shape index (κ3) is 7.43. The standard InChI is InChI=1S/C70H42FN3/c1-5-49-11-15-51(16-12-49)19-21-53-23-27-55(28-24-53)31-33-57-35-41-62-63-42-36-58(34-32-56-29-25-54(26-30-56)22-20-52-17-13-50(6-2)14-18-52)46-66(63)69(65(62)45-57)67-47(3)72-73-48(4)68(67)74-44-43-59-9-7-8-10-64(59)70(69,74)60-37-39-61(71)40-38-60/h1-2,7-18,23-30,35-42,45-46H,43-44H2,3-4H3. The number of halogens is 1. The van der Waals surface area contributed by atoms with Crippen LogP contribution in [-0.2, 0) is 17.4 Å². The van der Waals surface area contributed by atoms with Gasteiger partial charge in [0.15, 0.2) is 0 Å². The lowest BCUT2D eigenvalue weighted by Crippen LogP contribution is -2.59. The molecule has 3 aliphatic rings. The smallest absolute Gasteiger partial charge is 0.123 e. The third-order valence-electron chi connectivity index (χ3n) is 14.6. The molecule has 3 heterocycles. The van der Waals surface area contributed by atoms with E-state index in [1.165, 1.54) is 5.56 Å². The Kier molecular flexibility index (Phi) is 11.1. The van der Waals surface area contributed by atoms with Crippen molar-refractivity contribution in [1.29, 1.82) is 0 Å². The molecule has 4 heteroatoms. The average Bonchev–Trinajstić information content (AvgIpc) is 3.92. The van der Waals surface area contributed by atoms with Gasteiger partial charge in [-0.05, 0) is 193 Å². The normalized spacial score (nSPS) is 14.5. The Balaban J connectivity index is 1.02. The summed E-state index contributed by atoms with van der Waals surface area (Å²) < 4.78 is 15.3. The van der Waals surface area contributed by atoms with Gasteiger partial charge in [0, 0.05) is 67.7 Å². The summed E-state index contributed by atoms with van der Waals surface area (Å²) in [6.45, 7) is 4.84. The molecule has 0 bridgehead atoms. The summed E-state index contributed by atoms with van der Waals surface area (Å²) in [6.07, 6.45) is 11.9. The zero-order chi connectivity index (χ0) is 50.4. The summed E-state index contributed by atoms with van der Waals surface area (Å²) in [7, 11) is 0. The van der Waals surface area contributed by atoms with Crippen molar-refractivity contribution in [2.24, 2.45) is 0 Å². The van der Waals surface area contributed by atoms with E-state index >= 15 is 4.39 Å². The van der Waals surface area contributed by atoms with Crippen LogP contribution < -0.4 is 4.90 Å². The largest absolute Gasteiger partial charge is 0.354 e. The second-order valence-electron chi connectivity index (χ2n) is 18.7. The topological polar surface area (TPSA) is 29.0 Å². The van der Waals surface area contributed by atoms with E-state index in [4.69, 9.17) is 23.0 Å². The number of fused-ring (bicyclic) bond motifs is 12. The molecule has 9 aromatic rings. The molecule has 8 aromatic carbocycles. The van der Waals surface area contributed by atoms with E-state index in [0.29, 0.717) is 6.54 Å². The molecule has 74 heavy (non-hydrogen) atoms. The fourth-order valence-corrected chi connectivity index (χ4v) is 11.4. The molecular weight excluding hydrogens is 902 g/mol. The average molecular weight is 944 g/mol. The number of nitrogens with zero attached hydrogens (tertiary/aromatic N) is 3. The lowest BCUT2D eigenvalue weighted by molar-refractivity contribution is 0.357. The van der Waals surface area contributed by atoms with Gasteiger partial charge in [-0.2, -0.15) is 10.2 Å². The fourth-order valence-electron chi connectivity index (χ4n) is 11.4. The first-order valence-corrected chi connectivity index (χ1v) is 24.4. The van der Waals surface area contributed by atoms with Crippen molar-refractivity contribution in [1.82, 2.24) is 10.2 Å². The Labute approximate surface area is 432 Å². The van der Waals surface area contributed by atoms with E-state index in [2.05, 4.69) is 139 Å². The van der Waals surface area contributed by atoms with Gasteiger partial charge in [0.2, 0.25) is 0 Å². The maximum atomic E-state index is 15.3. The molecule has 1 aliphatic carbocycles. The Hall–Kier alpha value is -10.1. The molecule has 0 saturated carbocycles. The van der Waals surface area contributed by atoms with Crippen LogP contribution in [0, 0.1) is 91.7 Å². The summed E-state index contributed by atoms with van der Waals surface area (Å²) in [5.74, 6) is 32.0. The van der Waals surface area contributed by atoms with Gasteiger partial charge in [0.05, 0.1) is 22.5 Å². The molecule has 344 valence electrons. The van der Waals surface area contributed by atoms with Crippen LogP contribution in [0.3, 0.4) is 0 Å². The molecule has 0 N–H and O–H groups in total. The highest BCUT2D eigenvalue weighted by atomic mass is 19.1. The molecule has 0 fully saturated rings. The van der Waals surface area contributed by atoms with Crippen molar-refractivity contribution >= 4 is 5.69 Å². The van der Waals surface area contributed by atoms with Crippen LogP contribution in [-0.4, -0.2) is 16.7 Å². The van der Waals surface area contributed by atoms with Gasteiger partial charge in [0.25, 0.3) is 0 Å². The number of aromatic nitrogens is 2. The van der Waals surface area contributed by atoms with E-state index < -0.39 is 11.0 Å². The number of benzene rings is 8. The van der Waals surface area contributed by atoms with Gasteiger partial charge in [0.1, 0.15) is 11.4 Å². The van der Waals surface area contributed by atoms with Gasteiger partial charge < -0.3 is 4.90 Å². The molecule has 0 amide bonds. The molecule has 0 radical (unpaired) electrons. The van der Waals surface area contributed by atoms with Gasteiger partial charge >= 0.3 is 0 Å². The fraction of sp³-hybridized carbons (Fsp3) is 0.0857. The first-order valence-electron chi connectivity index (χ1n) is 24.4. The quantitative estimate of drug-likeness (QED) is 0.154. The SMILES string of the molecule is C#Cc1ccc(C#Cc2ccc(C#Cc3ccc4c(c3)C3(c5cc(C#Cc6ccc(C#Cc7ccc(C#C)cc7)cc6)ccc5-4)c4c(C)nnc(C)c4N4CCc5ccccc5C43c3ccc(F)cc3)cc2)cc1. The van der Waals surface area contributed by atoms with Crippen LogP contribution in [0.15, 0.2) is 182 Å². The Morgan fingerprint density at radius 1 is 0.446 bits per heavy atom. The highest BCUT2D eigenvalue weighted by Gasteiger charge is 2.70. The first-order chi connectivity index (χ1) is 36.3. The zero-order valence-electron chi connectivity index (χ0n) is 40.6. The molecule has 1 atom stereocenters. The summed E-state index contributed by atoms with van der Waals surface area (Å²) in [4.78, 5) is 2.55. The molecule has 1 unspecified atom stereocenters. The van der Waals surface area contributed by atoms with Crippen molar-refractivity contribution in [3.8, 4) is 83.2 Å². The van der Waals surface area contributed by atoms with E-state index in [9.17, 15) is 0 Å². The Morgan fingerprint density at radius 2 is 0.838 bits per heavy atom. The Bertz CT molecular complexity index is 3940. The van der Waals surface area contributed by atoms with Crippen LogP contribution in [0.5, 0.6) is 0 Å². The molecule has 3 nitrogen and oxygen atoms in total. The number of terminal acetylenes is 2. The summed E-state index contributed by atoms with van der Waals surface area (Å²) >= 11 is 0. The van der Waals surface area contributed by atoms with Crippen molar-refractivity contribution < 1.29 is 4.39 Å². The van der Waals surface area contributed by atoms with Crippen LogP contribution >= 0.6 is 0 Å². The minimum absolute atomic E-state index is 0.297. The minimum Gasteiger partial charge on any atom is -0.354 e. The molecule has 1 aromatic heterocycles. The number of hydrogen-bond donors (Lipinski definition) is 0. The Morgan fingerprint density at radius 3 is 1.28 bits per heavy atom. The maximum absolute atomic E-state index is 15.3. The van der Waals surface area contributed by atoms with Gasteiger partial charge in [-0.1, -0.05) is 108 Å². The van der Waals surface area contributed by atoms with E-state index in [0.717, 1.165) is 118 Å². The predicted molar refractivity (Wildman–Crippen MR) is 293 cm³/mol. The van der Waals surface area contributed by atoms with Crippen LogP contribution in [0.1, 0.15) is 100 Å². The number of aryl methyl sites for hydroxylation is 2. The lowest BCUT2D eigenvalue weighted by atomic mass is 9.55. The van der Waals surface area contributed by atoms with Gasteiger partial charge in [-0.3, -0.25) is 0 Å². The zero-order valence-corrected chi connectivity index (χ0v) is 40.6.